The van der Waals surface area contributed by atoms with Crippen molar-refractivity contribution in [1.29, 1.82) is 0 Å². The number of aromatic nitrogens is 2. The minimum absolute atomic E-state index is 0.114. The Bertz CT molecular complexity index is 895. The van der Waals surface area contributed by atoms with Gasteiger partial charge in [0.2, 0.25) is 0 Å². The van der Waals surface area contributed by atoms with Gasteiger partial charge in [0, 0.05) is 24.5 Å². The Morgan fingerprint density at radius 3 is 2.37 bits per heavy atom. The molecule has 0 aliphatic rings. The number of nitrogens with one attached hydrogen (secondary N) is 2. The highest BCUT2D eigenvalue weighted by molar-refractivity contribution is 6.03. The molecular weight excluding hydrogens is 357 g/mol. The van der Waals surface area contributed by atoms with Crippen molar-refractivity contribution < 1.29 is 18.0 Å². The maximum atomic E-state index is 12.6. The molecule has 3 rings (SSSR count). The molecule has 27 heavy (non-hydrogen) atoms. The average Bonchev–Trinajstić information content (AvgIpc) is 2.68. The minimum atomic E-state index is -4.44. The summed E-state index contributed by atoms with van der Waals surface area (Å²) in [5.41, 5.74) is 1.08. The van der Waals surface area contributed by atoms with Gasteiger partial charge >= 0.3 is 6.18 Å². The highest BCUT2D eigenvalue weighted by atomic mass is 19.4. The van der Waals surface area contributed by atoms with Crippen LogP contribution in [0.15, 0.2) is 67.1 Å². The zero-order valence-electron chi connectivity index (χ0n) is 14.0. The lowest BCUT2D eigenvalue weighted by molar-refractivity contribution is -0.137. The van der Waals surface area contributed by atoms with Crippen molar-refractivity contribution in [2.24, 2.45) is 0 Å². The van der Waals surface area contributed by atoms with E-state index in [0.717, 1.165) is 35.5 Å². The molecule has 3 aromatic rings. The molecule has 8 heteroatoms. The largest absolute Gasteiger partial charge is 0.416 e. The lowest BCUT2D eigenvalue weighted by Crippen LogP contribution is -2.13. The number of hydrogen-bond donors (Lipinski definition) is 2. The van der Waals surface area contributed by atoms with Crippen molar-refractivity contribution in [3.05, 3.63) is 83.8 Å². The van der Waals surface area contributed by atoms with Crippen molar-refractivity contribution >= 4 is 17.4 Å². The van der Waals surface area contributed by atoms with Crippen LogP contribution in [0.2, 0.25) is 0 Å². The number of carbonyl (C=O) groups excluding carboxylic acids is 1. The first-order valence-electron chi connectivity index (χ1n) is 7.99. The number of alkyl halides is 3. The van der Waals surface area contributed by atoms with Crippen LogP contribution < -0.4 is 10.6 Å². The molecule has 2 aromatic heterocycles. The summed E-state index contributed by atoms with van der Waals surface area (Å²) in [5.74, 6) is -0.237. The van der Waals surface area contributed by atoms with E-state index in [4.69, 9.17) is 0 Å². The Kier molecular flexibility index (Phi) is 5.35. The molecule has 0 spiro atoms. The molecule has 0 bridgehead atoms. The summed E-state index contributed by atoms with van der Waals surface area (Å²) in [5, 5.41) is 5.72. The second-order valence-corrected chi connectivity index (χ2v) is 5.68. The topological polar surface area (TPSA) is 66.9 Å². The first-order chi connectivity index (χ1) is 12.9. The highest BCUT2D eigenvalue weighted by Gasteiger charge is 2.30. The van der Waals surface area contributed by atoms with Gasteiger partial charge in [0.15, 0.2) is 0 Å². The van der Waals surface area contributed by atoms with Crippen molar-refractivity contribution in [2.75, 3.05) is 10.6 Å². The summed E-state index contributed by atoms with van der Waals surface area (Å²) >= 11 is 0. The molecule has 0 saturated carbocycles. The van der Waals surface area contributed by atoms with Gasteiger partial charge in [-0.1, -0.05) is 6.07 Å². The Morgan fingerprint density at radius 2 is 1.78 bits per heavy atom. The maximum absolute atomic E-state index is 12.6. The van der Waals surface area contributed by atoms with E-state index in [9.17, 15) is 18.0 Å². The molecule has 1 aromatic carbocycles. The Morgan fingerprint density at radius 1 is 1.00 bits per heavy atom. The SMILES string of the molecule is O=C(Nc1ccc(NCc2cccnc2)cn1)c1ccc(C(F)(F)F)cc1. The summed E-state index contributed by atoms with van der Waals surface area (Å²) in [7, 11) is 0. The monoisotopic (exact) mass is 372 g/mol. The fourth-order valence-electron chi connectivity index (χ4n) is 2.28. The van der Waals surface area contributed by atoms with Gasteiger partial charge in [-0.15, -0.1) is 0 Å². The van der Waals surface area contributed by atoms with Crippen LogP contribution in [-0.4, -0.2) is 15.9 Å². The molecule has 0 aliphatic carbocycles. The summed E-state index contributed by atoms with van der Waals surface area (Å²) in [6, 6.07) is 11.1. The number of anilines is 2. The lowest BCUT2D eigenvalue weighted by atomic mass is 10.1. The van der Waals surface area contributed by atoms with Crippen molar-refractivity contribution in [3.8, 4) is 0 Å². The normalized spacial score (nSPS) is 11.1. The van der Waals surface area contributed by atoms with E-state index in [1.807, 2.05) is 12.1 Å². The number of rotatable bonds is 5. The van der Waals surface area contributed by atoms with E-state index in [-0.39, 0.29) is 5.56 Å². The van der Waals surface area contributed by atoms with Gasteiger partial charge in [-0.3, -0.25) is 9.78 Å². The van der Waals surface area contributed by atoms with Gasteiger partial charge in [-0.2, -0.15) is 13.2 Å². The third-order valence-corrected chi connectivity index (χ3v) is 3.70. The average molecular weight is 372 g/mol. The Hall–Kier alpha value is -3.42. The summed E-state index contributed by atoms with van der Waals surface area (Å²) in [6.45, 7) is 0.576. The highest BCUT2D eigenvalue weighted by Crippen LogP contribution is 2.29. The first-order valence-corrected chi connectivity index (χ1v) is 7.99. The van der Waals surface area contributed by atoms with Crippen LogP contribution in [0.25, 0.3) is 0 Å². The number of pyridine rings is 2. The molecule has 138 valence electrons. The van der Waals surface area contributed by atoms with Gasteiger partial charge in [-0.25, -0.2) is 4.98 Å². The molecule has 2 N–H and O–H groups in total. The second-order valence-electron chi connectivity index (χ2n) is 5.68. The van der Waals surface area contributed by atoms with Gasteiger partial charge in [0.05, 0.1) is 17.4 Å². The molecule has 0 saturated heterocycles. The first kappa shape index (κ1) is 18.4. The predicted octanol–water partition coefficient (Wildman–Crippen LogP) is 4.36. The Balaban J connectivity index is 1.58. The van der Waals surface area contributed by atoms with Crippen LogP contribution in [0.5, 0.6) is 0 Å². The second kappa shape index (κ2) is 7.86. The number of nitrogens with zero attached hydrogens (tertiary/aromatic N) is 2. The van der Waals surface area contributed by atoms with Gasteiger partial charge in [0.25, 0.3) is 5.91 Å². The van der Waals surface area contributed by atoms with Gasteiger partial charge < -0.3 is 10.6 Å². The molecule has 0 aliphatic heterocycles. The standard InChI is InChI=1S/C19H15F3N4O/c20-19(21,22)15-5-3-14(4-6-15)18(27)26-17-8-7-16(12-25-17)24-11-13-2-1-9-23-10-13/h1-10,12,24H,11H2,(H,25,26,27). The van der Waals surface area contributed by atoms with Crippen LogP contribution >= 0.6 is 0 Å². The number of amides is 1. The maximum Gasteiger partial charge on any atom is 0.416 e. The zero-order chi connectivity index (χ0) is 19.3. The Labute approximate surface area is 153 Å². The number of benzene rings is 1. The fourth-order valence-corrected chi connectivity index (χ4v) is 2.28. The van der Waals surface area contributed by atoms with Gasteiger partial charge in [-0.05, 0) is 48.0 Å². The summed E-state index contributed by atoms with van der Waals surface area (Å²) < 4.78 is 37.7. The van der Waals surface area contributed by atoms with E-state index in [1.54, 1.807) is 30.7 Å². The minimum Gasteiger partial charge on any atom is -0.380 e. The van der Waals surface area contributed by atoms with Crippen LogP contribution in [0.3, 0.4) is 0 Å². The molecular formula is C19H15F3N4O. The number of hydrogen-bond acceptors (Lipinski definition) is 4. The molecule has 0 atom stereocenters. The van der Waals surface area contributed by atoms with Crippen LogP contribution in [0.1, 0.15) is 21.5 Å². The number of halogens is 3. The molecule has 2 heterocycles. The third-order valence-electron chi connectivity index (χ3n) is 3.70. The summed E-state index contributed by atoms with van der Waals surface area (Å²) in [4.78, 5) is 20.3. The van der Waals surface area contributed by atoms with E-state index in [0.29, 0.717) is 12.4 Å². The molecule has 1 amide bonds. The quantitative estimate of drug-likeness (QED) is 0.698. The lowest BCUT2D eigenvalue weighted by Gasteiger charge is -2.09. The van der Waals surface area contributed by atoms with E-state index < -0.39 is 17.6 Å². The summed E-state index contributed by atoms with van der Waals surface area (Å²) in [6.07, 6.45) is 0.562. The van der Waals surface area contributed by atoms with Crippen molar-refractivity contribution in [1.82, 2.24) is 9.97 Å². The number of carbonyl (C=O) groups is 1. The third kappa shape index (κ3) is 5.04. The van der Waals surface area contributed by atoms with Gasteiger partial charge in [0.1, 0.15) is 5.82 Å². The van der Waals surface area contributed by atoms with Crippen molar-refractivity contribution in [2.45, 2.75) is 12.7 Å². The molecule has 5 nitrogen and oxygen atoms in total. The van der Waals surface area contributed by atoms with Crippen LogP contribution in [0.4, 0.5) is 24.7 Å². The van der Waals surface area contributed by atoms with E-state index >= 15 is 0 Å². The van der Waals surface area contributed by atoms with E-state index in [2.05, 4.69) is 20.6 Å². The van der Waals surface area contributed by atoms with Crippen LogP contribution in [0, 0.1) is 0 Å². The molecule has 0 unspecified atom stereocenters. The molecule has 0 radical (unpaired) electrons. The smallest absolute Gasteiger partial charge is 0.380 e. The van der Waals surface area contributed by atoms with E-state index in [1.165, 1.54) is 0 Å². The predicted molar refractivity (Wildman–Crippen MR) is 95.2 cm³/mol. The zero-order valence-corrected chi connectivity index (χ0v) is 14.0. The van der Waals surface area contributed by atoms with Crippen LogP contribution in [-0.2, 0) is 12.7 Å². The fraction of sp³-hybridized carbons (Fsp3) is 0.105. The molecule has 0 fully saturated rings. The van der Waals surface area contributed by atoms with Crippen molar-refractivity contribution in [3.63, 3.8) is 0 Å².